The van der Waals surface area contributed by atoms with E-state index >= 15 is 0 Å². The van der Waals surface area contributed by atoms with E-state index in [9.17, 15) is 9.59 Å². The molecule has 16 heavy (non-hydrogen) atoms. The molecular weight excluding hydrogens is 224 g/mol. The number of hydrogen-bond donors (Lipinski definition) is 0. The first-order valence-corrected chi connectivity index (χ1v) is 5.53. The van der Waals surface area contributed by atoms with Gasteiger partial charge in [-0.3, -0.25) is 9.59 Å². The average molecular weight is 232 g/mol. The molecule has 0 saturated heterocycles. The van der Waals surface area contributed by atoms with Crippen molar-refractivity contribution < 1.29 is 9.59 Å². The number of amides is 2. The Morgan fingerprint density at radius 2 is 1.75 bits per heavy atom. The van der Waals surface area contributed by atoms with Gasteiger partial charge in [0.1, 0.15) is 5.25 Å². The monoisotopic (exact) mass is 232 g/mol. The van der Waals surface area contributed by atoms with Gasteiger partial charge in [-0.1, -0.05) is 12.1 Å². The van der Waals surface area contributed by atoms with Gasteiger partial charge in [0.25, 0.3) is 11.8 Å². The largest absolute Gasteiger partial charge is 0.271 e. The molecule has 80 valence electrons. The molecule has 2 rings (SSSR count). The van der Waals surface area contributed by atoms with Gasteiger partial charge in [0, 0.05) is 0 Å². The molecule has 1 aromatic rings. The van der Waals surface area contributed by atoms with E-state index in [2.05, 4.69) is 0 Å². The van der Waals surface area contributed by atoms with Crippen molar-refractivity contribution in [1.29, 1.82) is 5.26 Å². The van der Waals surface area contributed by atoms with E-state index in [1.807, 2.05) is 6.07 Å². The van der Waals surface area contributed by atoms with Gasteiger partial charge >= 0.3 is 0 Å². The first-order chi connectivity index (χ1) is 7.65. The van der Waals surface area contributed by atoms with Crippen molar-refractivity contribution >= 4 is 23.8 Å². The Morgan fingerprint density at radius 3 is 2.19 bits per heavy atom. The molecule has 0 fully saturated rings. The van der Waals surface area contributed by atoms with Crippen molar-refractivity contribution in [2.45, 2.75) is 12.2 Å². The molecular formula is C11H8N2O2S. The highest BCUT2D eigenvalue weighted by molar-refractivity contribution is 7.98. The molecule has 0 aromatic heterocycles. The zero-order valence-corrected chi connectivity index (χ0v) is 9.32. The molecule has 2 amide bonds. The maximum Gasteiger partial charge on any atom is 0.271 e. The number of carbonyl (C=O) groups excluding carboxylic acids is 2. The van der Waals surface area contributed by atoms with Crippen LogP contribution < -0.4 is 0 Å². The van der Waals surface area contributed by atoms with Crippen LogP contribution in [0.25, 0.3) is 0 Å². The standard InChI is InChI=1S/C11H8N2O2S/c1-7(6-12)16-13-10(14)8-4-2-3-5-9(8)11(13)15/h2-5,7H,1H3. The number of carbonyl (C=O) groups is 2. The van der Waals surface area contributed by atoms with Gasteiger partial charge in [-0.05, 0) is 31.0 Å². The van der Waals surface area contributed by atoms with Crippen LogP contribution in [0.5, 0.6) is 0 Å². The third-order valence-corrected chi connectivity index (χ3v) is 3.17. The quantitative estimate of drug-likeness (QED) is 0.576. The Labute approximate surface area is 97.0 Å². The fourth-order valence-corrected chi connectivity index (χ4v) is 2.20. The Kier molecular flexibility index (Phi) is 2.67. The van der Waals surface area contributed by atoms with E-state index in [1.165, 1.54) is 0 Å². The molecule has 0 saturated carbocycles. The molecule has 0 N–H and O–H groups in total. The smallest absolute Gasteiger partial charge is 0.268 e. The number of nitrogens with zero attached hydrogens (tertiary/aromatic N) is 2. The normalized spacial score (nSPS) is 15.9. The topological polar surface area (TPSA) is 61.2 Å². The molecule has 0 bridgehead atoms. The molecule has 0 radical (unpaired) electrons. The number of benzene rings is 1. The van der Waals surface area contributed by atoms with Gasteiger partial charge in [-0.2, -0.15) is 5.26 Å². The summed E-state index contributed by atoms with van der Waals surface area (Å²) < 4.78 is 1.05. The van der Waals surface area contributed by atoms with E-state index < -0.39 is 5.25 Å². The molecule has 1 unspecified atom stereocenters. The summed E-state index contributed by atoms with van der Waals surface area (Å²) in [4.78, 5) is 23.7. The lowest BCUT2D eigenvalue weighted by molar-refractivity contribution is 0.0777. The van der Waals surface area contributed by atoms with Crippen LogP contribution in [-0.2, 0) is 0 Å². The molecule has 1 heterocycles. The summed E-state index contributed by atoms with van der Waals surface area (Å²) >= 11 is 0.953. The molecule has 1 aliphatic heterocycles. The second-order valence-electron chi connectivity index (χ2n) is 3.33. The van der Waals surface area contributed by atoms with E-state index in [0.717, 1.165) is 16.3 Å². The number of rotatable bonds is 2. The average Bonchev–Trinajstić information content (AvgIpc) is 2.55. The highest BCUT2D eigenvalue weighted by Crippen LogP contribution is 2.29. The molecule has 0 spiro atoms. The predicted molar refractivity (Wildman–Crippen MR) is 59.6 cm³/mol. The Hall–Kier alpha value is -1.80. The zero-order chi connectivity index (χ0) is 11.7. The molecule has 1 aromatic carbocycles. The highest BCUT2D eigenvalue weighted by Gasteiger charge is 2.36. The van der Waals surface area contributed by atoms with Crippen LogP contribution in [0.15, 0.2) is 24.3 Å². The molecule has 1 atom stereocenters. The summed E-state index contributed by atoms with van der Waals surface area (Å²) in [5.41, 5.74) is 0.815. The highest BCUT2D eigenvalue weighted by atomic mass is 32.2. The summed E-state index contributed by atoms with van der Waals surface area (Å²) in [6.07, 6.45) is 0. The lowest BCUT2D eigenvalue weighted by atomic mass is 10.1. The van der Waals surface area contributed by atoms with Gasteiger partial charge in [0.15, 0.2) is 0 Å². The first-order valence-electron chi connectivity index (χ1n) is 4.69. The summed E-state index contributed by atoms with van der Waals surface area (Å²) in [7, 11) is 0. The van der Waals surface area contributed by atoms with Gasteiger partial charge < -0.3 is 0 Å². The Balaban J connectivity index is 2.33. The molecule has 1 aliphatic rings. The number of imide groups is 1. The third-order valence-electron chi connectivity index (χ3n) is 2.20. The van der Waals surface area contributed by atoms with Crippen LogP contribution in [0.4, 0.5) is 0 Å². The minimum atomic E-state index is -0.429. The van der Waals surface area contributed by atoms with Crippen molar-refractivity contribution in [3.63, 3.8) is 0 Å². The minimum Gasteiger partial charge on any atom is -0.268 e. The lowest BCUT2D eigenvalue weighted by Crippen LogP contribution is -2.24. The number of nitriles is 1. The van der Waals surface area contributed by atoms with Crippen LogP contribution in [0, 0.1) is 11.3 Å². The predicted octanol–water partition coefficient (Wildman–Crippen LogP) is 1.84. The van der Waals surface area contributed by atoms with Crippen molar-refractivity contribution in [1.82, 2.24) is 4.31 Å². The molecule has 5 heteroatoms. The third kappa shape index (κ3) is 1.57. The van der Waals surface area contributed by atoms with Crippen molar-refractivity contribution in [3.8, 4) is 6.07 Å². The summed E-state index contributed by atoms with van der Waals surface area (Å²) in [5, 5.41) is 8.24. The van der Waals surface area contributed by atoms with Crippen LogP contribution in [0.3, 0.4) is 0 Å². The van der Waals surface area contributed by atoms with Gasteiger partial charge in [0.2, 0.25) is 0 Å². The van der Waals surface area contributed by atoms with Crippen LogP contribution in [-0.4, -0.2) is 21.4 Å². The molecule has 4 nitrogen and oxygen atoms in total. The SMILES string of the molecule is CC(C#N)SN1C(=O)c2ccccc2C1=O. The van der Waals surface area contributed by atoms with E-state index in [-0.39, 0.29) is 11.8 Å². The van der Waals surface area contributed by atoms with Crippen molar-refractivity contribution in [2.24, 2.45) is 0 Å². The minimum absolute atomic E-state index is 0.340. The number of hydrogen-bond acceptors (Lipinski definition) is 4. The fourth-order valence-electron chi connectivity index (χ4n) is 1.44. The van der Waals surface area contributed by atoms with Gasteiger partial charge in [-0.15, -0.1) is 0 Å². The van der Waals surface area contributed by atoms with Gasteiger partial charge in [-0.25, -0.2) is 4.31 Å². The van der Waals surface area contributed by atoms with Gasteiger partial charge in [0.05, 0.1) is 17.2 Å². The van der Waals surface area contributed by atoms with Crippen molar-refractivity contribution in [3.05, 3.63) is 35.4 Å². The van der Waals surface area contributed by atoms with Crippen LogP contribution >= 0.6 is 11.9 Å². The molecule has 0 aliphatic carbocycles. The summed E-state index contributed by atoms with van der Waals surface area (Å²) in [6.45, 7) is 1.65. The van der Waals surface area contributed by atoms with Crippen LogP contribution in [0.2, 0.25) is 0 Å². The van der Waals surface area contributed by atoms with E-state index in [1.54, 1.807) is 31.2 Å². The Morgan fingerprint density at radius 1 is 1.25 bits per heavy atom. The zero-order valence-electron chi connectivity index (χ0n) is 8.51. The lowest BCUT2D eigenvalue weighted by Gasteiger charge is -2.12. The van der Waals surface area contributed by atoms with Crippen LogP contribution in [0.1, 0.15) is 27.6 Å². The first kappa shape index (κ1) is 10.7. The summed E-state index contributed by atoms with van der Waals surface area (Å²) in [6, 6.07) is 8.64. The fraction of sp³-hybridized carbons (Fsp3) is 0.182. The van der Waals surface area contributed by atoms with E-state index in [0.29, 0.717) is 11.1 Å². The number of fused-ring (bicyclic) bond motifs is 1. The maximum absolute atomic E-state index is 11.8. The van der Waals surface area contributed by atoms with E-state index in [4.69, 9.17) is 5.26 Å². The Bertz CT molecular complexity index is 472. The van der Waals surface area contributed by atoms with Crippen molar-refractivity contribution in [2.75, 3.05) is 0 Å². The summed E-state index contributed by atoms with van der Waals surface area (Å²) in [5.74, 6) is -0.680. The second-order valence-corrected chi connectivity index (χ2v) is 4.61. The maximum atomic E-state index is 11.8. The second kappa shape index (κ2) is 3.99.